The zero-order valence-electron chi connectivity index (χ0n) is 12.6. The van der Waals surface area contributed by atoms with Gasteiger partial charge in [0.2, 0.25) is 0 Å². The number of hydrogen-bond donors (Lipinski definition) is 1. The molecule has 8 heteroatoms. The maximum Gasteiger partial charge on any atom is 0.160 e. The van der Waals surface area contributed by atoms with Crippen LogP contribution in [-0.2, 0) is 7.05 Å². The summed E-state index contributed by atoms with van der Waals surface area (Å²) >= 11 is 0. The second-order valence-electron chi connectivity index (χ2n) is 5.34. The summed E-state index contributed by atoms with van der Waals surface area (Å²) in [7, 11) is 1.95. The SMILES string of the molecule is Cl.Cl.Cn1ccnc1-c1ccc(N2CCCCC(N)C2)nn1. The molecule has 1 aliphatic rings. The van der Waals surface area contributed by atoms with Crippen molar-refractivity contribution in [2.24, 2.45) is 12.8 Å². The quantitative estimate of drug-likeness (QED) is 0.902. The van der Waals surface area contributed by atoms with E-state index in [4.69, 9.17) is 5.73 Å². The van der Waals surface area contributed by atoms with Gasteiger partial charge in [-0.25, -0.2) is 4.98 Å². The van der Waals surface area contributed by atoms with Crippen LogP contribution in [0.5, 0.6) is 0 Å². The molecule has 1 aliphatic heterocycles. The smallest absolute Gasteiger partial charge is 0.160 e. The number of anilines is 1. The Hall–Kier alpha value is -1.37. The maximum absolute atomic E-state index is 6.09. The van der Waals surface area contributed by atoms with Crippen molar-refractivity contribution < 1.29 is 0 Å². The normalized spacial score (nSPS) is 18.1. The molecule has 3 rings (SSSR count). The van der Waals surface area contributed by atoms with E-state index in [1.165, 1.54) is 6.42 Å². The molecule has 0 saturated carbocycles. The number of nitrogens with two attached hydrogens (primary N) is 1. The molecule has 3 heterocycles. The van der Waals surface area contributed by atoms with Crippen LogP contribution >= 0.6 is 24.8 Å². The third-order valence-corrected chi connectivity index (χ3v) is 3.73. The molecule has 0 spiro atoms. The minimum absolute atomic E-state index is 0. The van der Waals surface area contributed by atoms with Gasteiger partial charge < -0.3 is 15.2 Å². The molecule has 22 heavy (non-hydrogen) atoms. The fourth-order valence-electron chi connectivity index (χ4n) is 2.61. The first-order valence-corrected chi connectivity index (χ1v) is 7.06. The minimum atomic E-state index is 0. The standard InChI is InChI=1S/C14H20N6.2ClH/c1-19-9-7-16-14(19)12-5-6-13(18-17-12)20-8-3-2-4-11(15)10-20;;/h5-7,9,11H,2-4,8,10,15H2,1H3;2*1H. The van der Waals surface area contributed by atoms with Gasteiger partial charge in [-0.2, -0.15) is 0 Å². The highest BCUT2D eigenvalue weighted by Crippen LogP contribution is 2.19. The van der Waals surface area contributed by atoms with Crippen LogP contribution in [0.3, 0.4) is 0 Å². The fourth-order valence-corrected chi connectivity index (χ4v) is 2.61. The van der Waals surface area contributed by atoms with E-state index < -0.39 is 0 Å². The monoisotopic (exact) mass is 344 g/mol. The first kappa shape index (κ1) is 18.7. The van der Waals surface area contributed by atoms with E-state index in [0.29, 0.717) is 0 Å². The lowest BCUT2D eigenvalue weighted by Gasteiger charge is -2.23. The van der Waals surface area contributed by atoms with E-state index in [-0.39, 0.29) is 30.9 Å². The van der Waals surface area contributed by atoms with Crippen molar-refractivity contribution in [1.29, 1.82) is 0 Å². The molecule has 1 fully saturated rings. The summed E-state index contributed by atoms with van der Waals surface area (Å²) in [5.41, 5.74) is 6.88. The Labute approximate surface area is 142 Å². The lowest BCUT2D eigenvalue weighted by molar-refractivity contribution is 0.619. The maximum atomic E-state index is 6.09. The van der Waals surface area contributed by atoms with E-state index in [2.05, 4.69) is 20.1 Å². The summed E-state index contributed by atoms with van der Waals surface area (Å²) in [6.07, 6.45) is 7.11. The Morgan fingerprint density at radius 3 is 2.64 bits per heavy atom. The summed E-state index contributed by atoms with van der Waals surface area (Å²) in [6.45, 7) is 1.86. The predicted molar refractivity (Wildman–Crippen MR) is 92.8 cm³/mol. The summed E-state index contributed by atoms with van der Waals surface area (Å²) < 4.78 is 1.94. The van der Waals surface area contributed by atoms with Gasteiger partial charge in [0.1, 0.15) is 5.69 Å². The molecule has 0 aromatic carbocycles. The van der Waals surface area contributed by atoms with Crippen LogP contribution < -0.4 is 10.6 Å². The number of hydrogen-bond acceptors (Lipinski definition) is 5. The Bertz CT molecular complexity index is 571. The van der Waals surface area contributed by atoms with Crippen molar-refractivity contribution in [3.8, 4) is 11.5 Å². The van der Waals surface area contributed by atoms with Crippen LogP contribution in [0.15, 0.2) is 24.5 Å². The van der Waals surface area contributed by atoms with Gasteiger partial charge in [-0.1, -0.05) is 6.42 Å². The van der Waals surface area contributed by atoms with Gasteiger partial charge in [0.25, 0.3) is 0 Å². The Morgan fingerprint density at radius 2 is 2.00 bits per heavy atom. The Morgan fingerprint density at radius 1 is 1.18 bits per heavy atom. The van der Waals surface area contributed by atoms with Crippen molar-refractivity contribution in [1.82, 2.24) is 19.7 Å². The van der Waals surface area contributed by atoms with Crippen LogP contribution in [0.25, 0.3) is 11.5 Å². The zero-order chi connectivity index (χ0) is 13.9. The number of aromatic nitrogens is 4. The average Bonchev–Trinajstić information content (AvgIpc) is 2.76. The van der Waals surface area contributed by atoms with E-state index in [0.717, 1.165) is 43.3 Å². The summed E-state index contributed by atoms with van der Waals surface area (Å²) in [5.74, 6) is 1.73. The first-order valence-electron chi connectivity index (χ1n) is 7.06. The molecule has 2 aromatic rings. The minimum Gasteiger partial charge on any atom is -0.354 e. The highest BCUT2D eigenvalue weighted by atomic mass is 35.5. The second kappa shape index (κ2) is 8.31. The van der Waals surface area contributed by atoms with Gasteiger partial charge >= 0.3 is 0 Å². The van der Waals surface area contributed by atoms with E-state index in [1.807, 2.05) is 29.9 Å². The van der Waals surface area contributed by atoms with Gasteiger partial charge in [-0.3, -0.25) is 0 Å². The Kier molecular flexibility index (Phi) is 7.06. The first-order chi connectivity index (χ1) is 9.74. The molecule has 6 nitrogen and oxygen atoms in total. The van der Waals surface area contributed by atoms with E-state index in [1.54, 1.807) is 6.20 Å². The number of rotatable bonds is 2. The van der Waals surface area contributed by atoms with Crippen LogP contribution in [-0.4, -0.2) is 38.9 Å². The van der Waals surface area contributed by atoms with Crippen molar-refractivity contribution in [3.05, 3.63) is 24.5 Å². The summed E-state index contributed by atoms with van der Waals surface area (Å²) in [4.78, 5) is 6.51. The van der Waals surface area contributed by atoms with Crippen molar-refractivity contribution in [3.63, 3.8) is 0 Å². The number of nitrogens with zero attached hydrogens (tertiary/aromatic N) is 5. The Balaban J connectivity index is 0.00000121. The molecule has 0 amide bonds. The molecule has 0 radical (unpaired) electrons. The molecule has 2 N–H and O–H groups in total. The molecule has 1 atom stereocenters. The fraction of sp³-hybridized carbons (Fsp3) is 0.500. The molecule has 122 valence electrons. The van der Waals surface area contributed by atoms with Crippen LogP contribution in [0.1, 0.15) is 19.3 Å². The van der Waals surface area contributed by atoms with Gasteiger partial charge in [0.05, 0.1) is 0 Å². The van der Waals surface area contributed by atoms with Crippen molar-refractivity contribution >= 4 is 30.6 Å². The van der Waals surface area contributed by atoms with Gasteiger partial charge in [0.15, 0.2) is 11.6 Å². The largest absolute Gasteiger partial charge is 0.354 e. The number of halogens is 2. The summed E-state index contributed by atoms with van der Waals surface area (Å²) in [6, 6.07) is 4.21. The van der Waals surface area contributed by atoms with Crippen LogP contribution in [0.2, 0.25) is 0 Å². The topological polar surface area (TPSA) is 72.9 Å². The van der Waals surface area contributed by atoms with Gasteiger partial charge in [-0.05, 0) is 25.0 Å². The molecular formula is C14H22Cl2N6. The average molecular weight is 345 g/mol. The molecule has 2 aromatic heterocycles. The van der Waals surface area contributed by atoms with E-state index >= 15 is 0 Å². The highest BCUT2D eigenvalue weighted by Gasteiger charge is 2.17. The number of aryl methyl sites for hydroxylation is 1. The third kappa shape index (κ3) is 4.09. The van der Waals surface area contributed by atoms with Gasteiger partial charge in [0, 0.05) is 38.6 Å². The zero-order valence-corrected chi connectivity index (χ0v) is 14.2. The van der Waals surface area contributed by atoms with Gasteiger partial charge in [-0.15, -0.1) is 35.0 Å². The second-order valence-corrected chi connectivity index (χ2v) is 5.34. The third-order valence-electron chi connectivity index (χ3n) is 3.73. The molecule has 0 aliphatic carbocycles. The molecule has 1 unspecified atom stereocenters. The van der Waals surface area contributed by atoms with Crippen molar-refractivity contribution in [2.45, 2.75) is 25.3 Å². The van der Waals surface area contributed by atoms with E-state index in [9.17, 15) is 0 Å². The molecular weight excluding hydrogens is 323 g/mol. The predicted octanol–water partition coefficient (Wildman–Crippen LogP) is 2.04. The lowest BCUT2D eigenvalue weighted by atomic mass is 10.2. The molecule has 1 saturated heterocycles. The number of imidazole rings is 1. The summed E-state index contributed by atoms with van der Waals surface area (Å²) in [5, 5.41) is 8.64. The molecule has 0 bridgehead atoms. The highest BCUT2D eigenvalue weighted by molar-refractivity contribution is 5.85. The lowest BCUT2D eigenvalue weighted by Crippen LogP contribution is -2.36. The van der Waals surface area contributed by atoms with Crippen LogP contribution in [0, 0.1) is 0 Å². The van der Waals surface area contributed by atoms with Crippen molar-refractivity contribution in [2.75, 3.05) is 18.0 Å². The van der Waals surface area contributed by atoms with Crippen LogP contribution in [0.4, 0.5) is 5.82 Å².